The van der Waals surface area contributed by atoms with E-state index in [2.05, 4.69) is 459 Å². The van der Waals surface area contributed by atoms with Crippen molar-refractivity contribution in [1.29, 1.82) is 0 Å². The molecule has 0 aliphatic heterocycles. The standard InChI is InChI=1S/C62H41NO.C56H37NO/c1-3-12-42(13-4-1)50-39-51(43-14-5-2-6-15-43)41-52(40-50)45-26-33-54(34-27-45)63(55-35-28-47(29-36-55)58-19-11-20-60-59-18-9-10-21-61(59)64-62(58)60)53-31-24-44(25-32-53)48-30-37-57-49(38-48)23-22-46-16-7-8-17-56(46)57;1-3-12-38(13-4-1)44-29-35-54(53(37-44)40-14-5-2-6-15-40)57(47-32-26-42(27-33-47)50-19-11-20-52-51-18-9-10-21-55(51)58-56(50)52)46-30-24-39(25-31-46)43-28-34-49-45(36-43)23-22-41-16-7-8-17-48(41)49/h1-41H;1-37H. The second-order valence-corrected chi connectivity index (χ2v) is 31.4. The van der Waals surface area contributed by atoms with Gasteiger partial charge in [-0.2, -0.15) is 0 Å². The van der Waals surface area contributed by atoms with Gasteiger partial charge in [0.25, 0.3) is 0 Å². The topological polar surface area (TPSA) is 32.8 Å². The van der Waals surface area contributed by atoms with Gasteiger partial charge in [0.05, 0.1) is 5.69 Å². The zero-order valence-corrected chi connectivity index (χ0v) is 66.7. The highest BCUT2D eigenvalue weighted by atomic mass is 16.3. The van der Waals surface area contributed by atoms with Crippen LogP contribution in [0.25, 0.3) is 187 Å². The molecule has 0 N–H and O–H groups in total. The molecule has 0 unspecified atom stereocenters. The first-order valence-electron chi connectivity index (χ1n) is 41.7. The number of hydrogen-bond acceptors (Lipinski definition) is 4. The number of para-hydroxylation sites is 4. The molecule has 0 radical (unpaired) electrons. The molecule has 0 amide bonds. The Morgan fingerprint density at radius 1 is 0.139 bits per heavy atom. The van der Waals surface area contributed by atoms with Crippen LogP contribution in [0.4, 0.5) is 34.1 Å². The molecule has 4 heteroatoms. The fourth-order valence-electron chi connectivity index (χ4n) is 18.0. The first-order chi connectivity index (χ1) is 60.4. The zero-order chi connectivity index (χ0) is 80.8. The maximum atomic E-state index is 6.45. The van der Waals surface area contributed by atoms with Crippen LogP contribution in [-0.2, 0) is 0 Å². The summed E-state index contributed by atoms with van der Waals surface area (Å²) >= 11 is 0. The van der Waals surface area contributed by atoms with Crippen LogP contribution in [0.3, 0.4) is 0 Å². The van der Waals surface area contributed by atoms with Crippen molar-refractivity contribution in [3.8, 4) is 100 Å². The van der Waals surface area contributed by atoms with Crippen LogP contribution in [0.15, 0.2) is 482 Å². The van der Waals surface area contributed by atoms with E-state index in [1.807, 2.05) is 24.3 Å². The van der Waals surface area contributed by atoms with Crippen molar-refractivity contribution >= 4 is 121 Å². The molecule has 0 aliphatic carbocycles. The minimum Gasteiger partial charge on any atom is -0.455 e. The van der Waals surface area contributed by atoms with Gasteiger partial charge in [0, 0.05) is 66.7 Å². The lowest BCUT2D eigenvalue weighted by Crippen LogP contribution is -2.11. The van der Waals surface area contributed by atoms with E-state index in [9.17, 15) is 0 Å². The second-order valence-electron chi connectivity index (χ2n) is 31.4. The minimum absolute atomic E-state index is 0.903. The summed E-state index contributed by atoms with van der Waals surface area (Å²) in [6.45, 7) is 0. The highest BCUT2D eigenvalue weighted by Crippen LogP contribution is 2.47. The van der Waals surface area contributed by atoms with Gasteiger partial charge in [-0.3, -0.25) is 0 Å². The third kappa shape index (κ3) is 13.7. The molecule has 0 saturated heterocycles. The lowest BCUT2D eigenvalue weighted by Gasteiger charge is -2.29. The van der Waals surface area contributed by atoms with Gasteiger partial charge in [0.1, 0.15) is 22.3 Å². The Balaban J connectivity index is 0.000000146. The molecule has 21 aromatic carbocycles. The normalized spacial score (nSPS) is 11.4. The molecule has 2 aromatic heterocycles. The Kier molecular flexibility index (Phi) is 18.6. The molecule has 4 nitrogen and oxygen atoms in total. The van der Waals surface area contributed by atoms with Crippen molar-refractivity contribution in [2.75, 3.05) is 9.80 Å². The lowest BCUT2D eigenvalue weighted by molar-refractivity contribution is 0.669. The molecule has 572 valence electrons. The summed E-state index contributed by atoms with van der Waals surface area (Å²) < 4.78 is 12.9. The van der Waals surface area contributed by atoms with Crippen molar-refractivity contribution in [3.63, 3.8) is 0 Å². The van der Waals surface area contributed by atoms with Crippen molar-refractivity contribution in [2.45, 2.75) is 0 Å². The van der Waals surface area contributed by atoms with Crippen molar-refractivity contribution in [3.05, 3.63) is 473 Å². The van der Waals surface area contributed by atoms with Crippen LogP contribution in [0.1, 0.15) is 0 Å². The number of hydrogen-bond donors (Lipinski definition) is 0. The van der Waals surface area contributed by atoms with E-state index < -0.39 is 0 Å². The molecule has 23 rings (SSSR count). The van der Waals surface area contributed by atoms with Crippen LogP contribution in [0, 0.1) is 0 Å². The molecule has 0 saturated carbocycles. The number of rotatable bonds is 15. The van der Waals surface area contributed by atoms with Crippen LogP contribution >= 0.6 is 0 Å². The lowest BCUT2D eigenvalue weighted by atomic mass is 9.93. The Morgan fingerprint density at radius 3 is 0.836 bits per heavy atom. The monoisotopic (exact) mass is 1550 g/mol. The average Bonchev–Trinajstić information content (AvgIpc) is 1.53. The van der Waals surface area contributed by atoms with Gasteiger partial charge in [-0.05, 0) is 242 Å². The summed E-state index contributed by atoms with van der Waals surface area (Å²) in [5.41, 5.74) is 31.0. The number of anilines is 6. The Hall–Kier alpha value is -16.1. The second kappa shape index (κ2) is 31.4. The first kappa shape index (κ1) is 72.3. The first-order valence-corrected chi connectivity index (χ1v) is 41.7. The molecule has 0 fully saturated rings. The van der Waals surface area contributed by atoms with E-state index in [-0.39, 0.29) is 0 Å². The zero-order valence-electron chi connectivity index (χ0n) is 66.7. The molecule has 122 heavy (non-hydrogen) atoms. The van der Waals surface area contributed by atoms with Gasteiger partial charge in [-0.1, -0.05) is 358 Å². The van der Waals surface area contributed by atoms with Gasteiger partial charge in [-0.15, -0.1) is 0 Å². The van der Waals surface area contributed by atoms with E-state index >= 15 is 0 Å². The Labute approximate surface area is 708 Å². The Morgan fingerprint density at radius 2 is 0.418 bits per heavy atom. The summed E-state index contributed by atoms with van der Waals surface area (Å²) in [5.74, 6) is 0. The van der Waals surface area contributed by atoms with Gasteiger partial charge < -0.3 is 18.6 Å². The molecular formula is C118H78N2O2. The van der Waals surface area contributed by atoms with E-state index in [1.165, 1.54) is 104 Å². The number of benzene rings is 21. The highest BCUT2D eigenvalue weighted by Gasteiger charge is 2.23. The number of nitrogens with zero attached hydrogens (tertiary/aromatic N) is 2. The third-order valence-electron chi connectivity index (χ3n) is 24.1. The fourth-order valence-corrected chi connectivity index (χ4v) is 18.0. The summed E-state index contributed by atoms with van der Waals surface area (Å²) in [7, 11) is 0. The van der Waals surface area contributed by atoms with Crippen LogP contribution < -0.4 is 9.80 Å². The van der Waals surface area contributed by atoms with E-state index in [0.29, 0.717) is 0 Å². The third-order valence-corrected chi connectivity index (χ3v) is 24.1. The Bertz CT molecular complexity index is 7760. The van der Waals surface area contributed by atoms with Gasteiger partial charge >= 0.3 is 0 Å². The minimum atomic E-state index is 0.903. The molecule has 0 spiro atoms. The van der Waals surface area contributed by atoms with Gasteiger partial charge in [-0.25, -0.2) is 0 Å². The van der Waals surface area contributed by atoms with Crippen molar-refractivity contribution in [1.82, 2.24) is 0 Å². The summed E-state index contributed by atoms with van der Waals surface area (Å²) in [5, 5.41) is 14.6. The average molecular weight is 1560 g/mol. The smallest absolute Gasteiger partial charge is 0.143 e. The molecule has 0 aliphatic rings. The van der Waals surface area contributed by atoms with Crippen LogP contribution in [-0.4, -0.2) is 0 Å². The molecule has 0 bridgehead atoms. The highest BCUT2D eigenvalue weighted by molar-refractivity contribution is 6.13. The molecule has 23 aromatic rings. The SMILES string of the molecule is c1ccc(-c2cc(-c3ccccc3)cc(-c3ccc(N(c4ccc(-c5ccc6c(ccc7ccccc76)c5)cc4)c4ccc(-c5cccc6c5oc5ccccc56)cc4)cc3)c2)cc1.c1ccc(-c2ccc(N(c3ccc(-c4ccc5c(ccc6ccccc65)c4)cc3)c3ccc(-c4cccc5c4oc4ccccc45)cc3)c(-c3ccccc3)c2)cc1. The number of furan rings is 2. The molecular weight excluding hydrogens is 1480 g/mol. The van der Waals surface area contributed by atoms with Gasteiger partial charge in [0.2, 0.25) is 0 Å². The van der Waals surface area contributed by atoms with E-state index in [0.717, 1.165) is 117 Å². The maximum Gasteiger partial charge on any atom is 0.143 e. The van der Waals surface area contributed by atoms with Crippen LogP contribution in [0.2, 0.25) is 0 Å². The maximum absolute atomic E-state index is 6.45. The quantitative estimate of drug-likeness (QED) is 0.0958. The predicted molar refractivity (Wildman–Crippen MR) is 516 cm³/mol. The summed E-state index contributed by atoms with van der Waals surface area (Å²) in [4.78, 5) is 4.74. The summed E-state index contributed by atoms with van der Waals surface area (Å²) in [6, 6.07) is 170. The van der Waals surface area contributed by atoms with Gasteiger partial charge in [0.15, 0.2) is 0 Å². The summed E-state index contributed by atoms with van der Waals surface area (Å²) in [6.07, 6.45) is 0. The van der Waals surface area contributed by atoms with Crippen molar-refractivity contribution < 1.29 is 8.83 Å². The number of fused-ring (bicyclic) bond motifs is 12. The van der Waals surface area contributed by atoms with Crippen LogP contribution in [0.5, 0.6) is 0 Å². The molecule has 0 atom stereocenters. The van der Waals surface area contributed by atoms with E-state index in [4.69, 9.17) is 8.83 Å². The van der Waals surface area contributed by atoms with Crippen molar-refractivity contribution in [2.24, 2.45) is 0 Å². The fraction of sp³-hybridized carbons (Fsp3) is 0. The molecule has 2 heterocycles. The van der Waals surface area contributed by atoms with E-state index in [1.54, 1.807) is 0 Å². The largest absolute Gasteiger partial charge is 0.455 e. The predicted octanol–water partition coefficient (Wildman–Crippen LogP) is 33.7.